The van der Waals surface area contributed by atoms with Gasteiger partial charge in [-0.05, 0) is 26.0 Å². The maximum absolute atomic E-state index is 13.7. The smallest absolute Gasteiger partial charge is 0.334 e. The summed E-state index contributed by atoms with van der Waals surface area (Å²) >= 11 is 0. The van der Waals surface area contributed by atoms with Crippen LogP contribution in [0.1, 0.15) is 13.8 Å². The van der Waals surface area contributed by atoms with Crippen LogP contribution in [0.2, 0.25) is 0 Å². The van der Waals surface area contributed by atoms with Crippen molar-refractivity contribution in [3.8, 4) is 11.5 Å². The fourth-order valence-electron chi connectivity index (χ4n) is 1.31. The lowest BCUT2D eigenvalue weighted by atomic mass is 10.3. The number of hydrogen-bond donors (Lipinski definition) is 0. The molecule has 0 fully saturated rings. The summed E-state index contributed by atoms with van der Waals surface area (Å²) in [4.78, 5) is 11.1. The molecule has 0 heterocycles. The van der Waals surface area contributed by atoms with Crippen molar-refractivity contribution in [3.63, 3.8) is 0 Å². The number of hydrogen-bond acceptors (Lipinski definition) is 4. The van der Waals surface area contributed by atoms with Gasteiger partial charge >= 0.3 is 5.97 Å². The lowest BCUT2D eigenvalue weighted by molar-refractivity contribution is -0.137. The molecule has 0 aliphatic heterocycles. The quantitative estimate of drug-likeness (QED) is 0.469. The topological polar surface area (TPSA) is 44.8 Å². The first kappa shape index (κ1) is 14.9. The molecule has 0 saturated carbocycles. The van der Waals surface area contributed by atoms with Crippen LogP contribution in [0.4, 0.5) is 8.78 Å². The molecule has 0 amide bonds. The Kier molecular flexibility index (Phi) is 5.29. The van der Waals surface area contributed by atoms with Gasteiger partial charge in [-0.15, -0.1) is 0 Å². The van der Waals surface area contributed by atoms with Crippen LogP contribution in [-0.2, 0) is 9.53 Å². The van der Waals surface area contributed by atoms with E-state index in [1.165, 1.54) is 14.0 Å². The van der Waals surface area contributed by atoms with Gasteiger partial charge in [-0.3, -0.25) is 0 Å². The van der Waals surface area contributed by atoms with E-state index in [0.29, 0.717) is 0 Å². The van der Waals surface area contributed by atoms with E-state index in [0.717, 1.165) is 18.2 Å². The van der Waals surface area contributed by atoms with E-state index < -0.39 is 23.4 Å². The number of halogens is 2. The monoisotopic (exact) mass is 272 g/mol. The Balaban J connectivity index is 2.96. The van der Waals surface area contributed by atoms with E-state index in [9.17, 15) is 13.6 Å². The molecule has 4 nitrogen and oxygen atoms in total. The maximum atomic E-state index is 13.7. The SMILES string of the molecule is CCOC(=O)/C=C(/C)Oc1c(F)ccc(OC)c1F. The van der Waals surface area contributed by atoms with Crippen molar-refractivity contribution in [2.24, 2.45) is 0 Å². The molecule has 0 atom stereocenters. The molecule has 0 aliphatic rings. The predicted molar refractivity (Wildman–Crippen MR) is 63.9 cm³/mol. The molecular weight excluding hydrogens is 258 g/mol. The number of ether oxygens (including phenoxy) is 3. The van der Waals surface area contributed by atoms with Crippen molar-refractivity contribution in [2.45, 2.75) is 13.8 Å². The Hall–Kier alpha value is -2.11. The predicted octanol–water partition coefficient (Wildman–Crippen LogP) is 2.82. The summed E-state index contributed by atoms with van der Waals surface area (Å²) in [5.41, 5.74) is 0. The fraction of sp³-hybridized carbons (Fsp3) is 0.308. The number of methoxy groups -OCH3 is 1. The molecule has 1 aromatic rings. The van der Waals surface area contributed by atoms with Crippen LogP contribution < -0.4 is 9.47 Å². The number of allylic oxidation sites excluding steroid dienone is 1. The van der Waals surface area contributed by atoms with Crippen LogP contribution in [0, 0.1) is 11.6 Å². The van der Waals surface area contributed by atoms with E-state index in [1.807, 2.05) is 0 Å². The third-order valence-electron chi connectivity index (χ3n) is 2.10. The van der Waals surface area contributed by atoms with Gasteiger partial charge in [-0.1, -0.05) is 0 Å². The molecule has 6 heteroatoms. The molecule has 1 rings (SSSR count). The largest absolute Gasteiger partial charge is 0.494 e. The van der Waals surface area contributed by atoms with Crippen molar-refractivity contribution in [1.29, 1.82) is 0 Å². The summed E-state index contributed by atoms with van der Waals surface area (Å²) in [5, 5.41) is 0. The minimum Gasteiger partial charge on any atom is -0.494 e. The lowest BCUT2D eigenvalue weighted by Gasteiger charge is -2.10. The molecule has 19 heavy (non-hydrogen) atoms. The van der Waals surface area contributed by atoms with Crippen molar-refractivity contribution in [1.82, 2.24) is 0 Å². The summed E-state index contributed by atoms with van der Waals surface area (Å²) < 4.78 is 41.5. The van der Waals surface area contributed by atoms with Crippen LogP contribution in [-0.4, -0.2) is 19.7 Å². The van der Waals surface area contributed by atoms with Crippen LogP contribution in [0.5, 0.6) is 11.5 Å². The minimum atomic E-state index is -0.973. The number of esters is 1. The van der Waals surface area contributed by atoms with E-state index in [4.69, 9.17) is 9.47 Å². The third kappa shape index (κ3) is 3.94. The standard InChI is InChI=1S/C13H14F2O4/c1-4-18-11(16)7-8(2)19-13-9(14)5-6-10(17-3)12(13)15/h5-7H,4H2,1-3H3/b8-7-. The minimum absolute atomic E-state index is 0.00417. The van der Waals surface area contributed by atoms with Gasteiger partial charge in [0.2, 0.25) is 11.6 Å². The Labute approximate surface area is 109 Å². The lowest BCUT2D eigenvalue weighted by Crippen LogP contribution is -2.04. The highest BCUT2D eigenvalue weighted by Crippen LogP contribution is 2.30. The molecule has 0 radical (unpaired) electrons. The maximum Gasteiger partial charge on any atom is 0.334 e. The zero-order valence-electron chi connectivity index (χ0n) is 10.8. The average Bonchev–Trinajstić information content (AvgIpc) is 2.35. The van der Waals surface area contributed by atoms with Crippen molar-refractivity contribution in [2.75, 3.05) is 13.7 Å². The first-order valence-electron chi connectivity index (χ1n) is 5.54. The van der Waals surface area contributed by atoms with Gasteiger partial charge in [0.1, 0.15) is 5.76 Å². The summed E-state index contributed by atoms with van der Waals surface area (Å²) in [6, 6.07) is 2.15. The molecule has 0 saturated heterocycles. The van der Waals surface area contributed by atoms with Gasteiger partial charge in [0.25, 0.3) is 0 Å². The molecular formula is C13H14F2O4. The second-order valence-electron chi connectivity index (χ2n) is 3.50. The van der Waals surface area contributed by atoms with Gasteiger partial charge in [-0.2, -0.15) is 4.39 Å². The van der Waals surface area contributed by atoms with Crippen molar-refractivity contribution < 1.29 is 27.8 Å². The first-order valence-corrected chi connectivity index (χ1v) is 5.54. The van der Waals surface area contributed by atoms with Crippen molar-refractivity contribution in [3.05, 3.63) is 35.6 Å². The molecule has 0 bridgehead atoms. The first-order chi connectivity index (χ1) is 8.99. The van der Waals surface area contributed by atoms with E-state index in [1.54, 1.807) is 6.92 Å². The fourth-order valence-corrected chi connectivity index (χ4v) is 1.31. The number of carbonyl (C=O) groups excluding carboxylic acids is 1. The Morgan fingerprint density at radius 1 is 1.37 bits per heavy atom. The van der Waals surface area contributed by atoms with Crippen LogP contribution in [0.25, 0.3) is 0 Å². The zero-order valence-corrected chi connectivity index (χ0v) is 10.8. The van der Waals surface area contributed by atoms with E-state index in [-0.39, 0.29) is 18.1 Å². The molecule has 0 N–H and O–H groups in total. The number of carbonyl (C=O) groups is 1. The molecule has 0 aromatic heterocycles. The van der Waals surface area contributed by atoms with Gasteiger partial charge in [0.15, 0.2) is 11.6 Å². The van der Waals surface area contributed by atoms with Crippen LogP contribution in [0.3, 0.4) is 0 Å². The third-order valence-corrected chi connectivity index (χ3v) is 2.10. The van der Waals surface area contributed by atoms with Crippen LogP contribution >= 0.6 is 0 Å². The summed E-state index contributed by atoms with van der Waals surface area (Å²) in [5.74, 6) is -3.29. The zero-order chi connectivity index (χ0) is 14.4. The second kappa shape index (κ2) is 6.72. The van der Waals surface area contributed by atoms with Gasteiger partial charge < -0.3 is 14.2 Å². The summed E-state index contributed by atoms with van der Waals surface area (Å²) in [7, 11) is 1.25. The van der Waals surface area contributed by atoms with E-state index in [2.05, 4.69) is 4.74 Å². The molecule has 104 valence electrons. The summed E-state index contributed by atoms with van der Waals surface area (Å²) in [6.07, 6.45) is 1.00. The number of rotatable bonds is 5. The van der Waals surface area contributed by atoms with Gasteiger partial charge in [-0.25, -0.2) is 9.18 Å². The molecule has 0 aliphatic carbocycles. The summed E-state index contributed by atoms with van der Waals surface area (Å²) in [6.45, 7) is 3.23. The average molecular weight is 272 g/mol. The highest BCUT2D eigenvalue weighted by Gasteiger charge is 2.16. The van der Waals surface area contributed by atoms with Crippen molar-refractivity contribution >= 4 is 5.97 Å². The normalized spacial score (nSPS) is 11.1. The molecule has 0 spiro atoms. The van der Waals surface area contributed by atoms with Crippen LogP contribution in [0.15, 0.2) is 24.0 Å². The molecule has 1 aromatic carbocycles. The highest BCUT2D eigenvalue weighted by molar-refractivity contribution is 5.82. The Bertz CT molecular complexity index is 498. The highest BCUT2D eigenvalue weighted by atomic mass is 19.1. The van der Waals surface area contributed by atoms with Gasteiger partial charge in [0, 0.05) is 0 Å². The number of benzene rings is 1. The van der Waals surface area contributed by atoms with E-state index >= 15 is 0 Å². The second-order valence-corrected chi connectivity index (χ2v) is 3.50. The van der Waals surface area contributed by atoms with Gasteiger partial charge in [0.05, 0.1) is 19.8 Å². The Morgan fingerprint density at radius 2 is 2.05 bits per heavy atom. The Morgan fingerprint density at radius 3 is 2.63 bits per heavy atom. The molecule has 0 unspecified atom stereocenters.